The normalized spacial score (nSPS) is 12.1. The monoisotopic (exact) mass is 754 g/mol. The van der Waals surface area contributed by atoms with Crippen LogP contribution in [0.5, 0.6) is 0 Å². The highest BCUT2D eigenvalue weighted by molar-refractivity contribution is 6.21. The molecular weight excluding hydrogens is 725 g/mol. The summed E-state index contributed by atoms with van der Waals surface area (Å²) in [5, 5.41) is 11.2. The molecule has 9 aromatic carbocycles. The number of para-hydroxylation sites is 3. The summed E-state index contributed by atoms with van der Waals surface area (Å²) < 4.78 is 15.7. The summed E-state index contributed by atoms with van der Waals surface area (Å²) in [7, 11) is 0. The molecule has 59 heavy (non-hydrogen) atoms. The summed E-state index contributed by atoms with van der Waals surface area (Å²) in [4.78, 5) is 15.3. The second-order valence-corrected chi connectivity index (χ2v) is 15.2. The van der Waals surface area contributed by atoms with E-state index in [9.17, 15) is 0 Å². The van der Waals surface area contributed by atoms with E-state index in [-0.39, 0.29) is 0 Å². The van der Waals surface area contributed by atoms with Crippen LogP contribution in [-0.4, -0.2) is 19.5 Å². The van der Waals surface area contributed by atoms with Crippen molar-refractivity contribution in [2.75, 3.05) is 0 Å². The highest BCUT2D eigenvalue weighted by Crippen LogP contribution is 2.43. The van der Waals surface area contributed by atoms with Crippen LogP contribution in [0.3, 0.4) is 0 Å². The van der Waals surface area contributed by atoms with Gasteiger partial charge in [-0.2, -0.15) is 0 Å². The summed E-state index contributed by atoms with van der Waals surface area (Å²) in [5.41, 5.74) is 9.11. The minimum Gasteiger partial charge on any atom is -0.456 e. The van der Waals surface area contributed by atoms with Crippen molar-refractivity contribution in [3.05, 3.63) is 182 Å². The Morgan fingerprint density at radius 3 is 1.85 bits per heavy atom. The van der Waals surface area contributed by atoms with Gasteiger partial charge in [-0.25, -0.2) is 15.0 Å². The van der Waals surface area contributed by atoms with E-state index in [0.717, 1.165) is 88.1 Å². The van der Waals surface area contributed by atoms with Crippen molar-refractivity contribution < 1.29 is 8.83 Å². The largest absolute Gasteiger partial charge is 0.456 e. The average Bonchev–Trinajstić information content (AvgIpc) is 3.97. The molecule has 6 nitrogen and oxygen atoms in total. The lowest BCUT2D eigenvalue weighted by molar-refractivity contribution is 0.669. The maximum atomic E-state index is 7.01. The molecule has 0 radical (unpaired) electrons. The van der Waals surface area contributed by atoms with Crippen molar-refractivity contribution in [1.29, 1.82) is 0 Å². The SMILES string of the molecule is c1ccc(-c2nc(-c3ccc4c(c3)oc3ccccc34)nc(-c3cccc4c3oc3c5ccccc5c(-n5c6ccccc6c6cc7ccccc7cc65)cc43)n2)cc1. The Hall–Kier alpha value is -8.09. The summed E-state index contributed by atoms with van der Waals surface area (Å²) >= 11 is 0. The lowest BCUT2D eigenvalue weighted by Gasteiger charge is -2.13. The first-order valence-electron chi connectivity index (χ1n) is 19.8. The second-order valence-electron chi connectivity index (χ2n) is 15.2. The third-order valence-corrected chi connectivity index (χ3v) is 11.8. The number of benzene rings is 9. The van der Waals surface area contributed by atoms with Crippen molar-refractivity contribution in [2.24, 2.45) is 0 Å². The fourth-order valence-corrected chi connectivity index (χ4v) is 9.08. The van der Waals surface area contributed by atoms with Gasteiger partial charge in [0.2, 0.25) is 0 Å². The van der Waals surface area contributed by atoms with Crippen LogP contribution < -0.4 is 0 Å². The number of rotatable bonds is 4. The van der Waals surface area contributed by atoms with Crippen molar-refractivity contribution in [3.8, 4) is 39.9 Å². The Morgan fingerprint density at radius 1 is 0.339 bits per heavy atom. The zero-order chi connectivity index (χ0) is 38.6. The highest BCUT2D eigenvalue weighted by atomic mass is 16.3. The van der Waals surface area contributed by atoms with Crippen LogP contribution in [0.2, 0.25) is 0 Å². The van der Waals surface area contributed by atoms with Gasteiger partial charge in [-0.3, -0.25) is 0 Å². The molecule has 0 saturated carbocycles. The fourth-order valence-electron chi connectivity index (χ4n) is 9.08. The topological polar surface area (TPSA) is 69.9 Å². The summed E-state index contributed by atoms with van der Waals surface area (Å²) in [5.74, 6) is 1.66. The number of furan rings is 2. The molecular formula is C53H30N4O2. The molecule has 0 unspecified atom stereocenters. The van der Waals surface area contributed by atoms with Crippen molar-refractivity contribution in [3.63, 3.8) is 0 Å². The number of fused-ring (bicyclic) bond motifs is 12. The van der Waals surface area contributed by atoms with Crippen LogP contribution in [0.1, 0.15) is 0 Å². The Balaban J connectivity index is 1.06. The van der Waals surface area contributed by atoms with Gasteiger partial charge in [-0.1, -0.05) is 133 Å². The molecule has 0 aliphatic heterocycles. The van der Waals surface area contributed by atoms with Crippen LogP contribution in [0.4, 0.5) is 0 Å². The summed E-state index contributed by atoms with van der Waals surface area (Å²) in [6.07, 6.45) is 0. The van der Waals surface area contributed by atoms with Crippen LogP contribution in [-0.2, 0) is 0 Å². The molecule has 0 atom stereocenters. The number of aromatic nitrogens is 4. The molecule has 0 bridgehead atoms. The molecule has 0 N–H and O–H groups in total. The van der Waals surface area contributed by atoms with Gasteiger partial charge >= 0.3 is 0 Å². The first kappa shape index (κ1) is 32.0. The standard InChI is InChI=1S/C53H30N4O2/c1-2-13-31(14-3-1)51-54-52(34-25-26-38-37-19-9-11-24-47(37)58-48(38)29-34)56-53(55-51)41-22-12-21-40-43-30-46(35-17-6-7-20-39(35)50(43)59-49(40)41)57-44-23-10-8-18-36(44)42-27-32-15-4-5-16-33(32)28-45(42)57/h1-30H. The summed E-state index contributed by atoms with van der Waals surface area (Å²) in [6.45, 7) is 0. The van der Waals surface area contributed by atoms with E-state index in [2.05, 4.69) is 126 Å². The van der Waals surface area contributed by atoms with Gasteiger partial charge in [0.1, 0.15) is 22.3 Å². The Morgan fingerprint density at radius 2 is 0.983 bits per heavy atom. The second kappa shape index (κ2) is 12.2. The van der Waals surface area contributed by atoms with Gasteiger partial charge in [-0.05, 0) is 59.3 Å². The molecule has 0 aliphatic carbocycles. The molecule has 0 fully saturated rings. The molecule has 4 aromatic heterocycles. The van der Waals surface area contributed by atoms with E-state index in [1.165, 1.54) is 21.5 Å². The van der Waals surface area contributed by atoms with Gasteiger partial charge < -0.3 is 13.4 Å². The third kappa shape index (κ3) is 4.77. The predicted octanol–water partition coefficient (Wildman–Crippen LogP) is 14.1. The molecule has 0 aliphatic rings. The van der Waals surface area contributed by atoms with Gasteiger partial charge in [0.15, 0.2) is 17.5 Å². The molecule has 0 amide bonds. The van der Waals surface area contributed by atoms with E-state index in [4.69, 9.17) is 23.8 Å². The maximum absolute atomic E-state index is 7.01. The Kier molecular flexibility index (Phi) is 6.63. The molecule has 13 rings (SSSR count). The van der Waals surface area contributed by atoms with Crippen molar-refractivity contribution in [2.45, 2.75) is 0 Å². The number of hydrogen-bond donors (Lipinski definition) is 0. The Labute approximate surface area is 336 Å². The lowest BCUT2D eigenvalue weighted by Crippen LogP contribution is -2.00. The zero-order valence-corrected chi connectivity index (χ0v) is 31.4. The van der Waals surface area contributed by atoms with Gasteiger partial charge in [0, 0.05) is 54.2 Å². The molecule has 0 saturated heterocycles. The highest BCUT2D eigenvalue weighted by Gasteiger charge is 2.22. The molecule has 0 spiro atoms. The molecule has 13 aromatic rings. The average molecular weight is 755 g/mol. The minimum absolute atomic E-state index is 0.530. The van der Waals surface area contributed by atoms with Crippen molar-refractivity contribution >= 4 is 87.2 Å². The van der Waals surface area contributed by atoms with E-state index in [1.807, 2.05) is 60.7 Å². The quantitative estimate of drug-likeness (QED) is 0.179. The molecule has 274 valence electrons. The van der Waals surface area contributed by atoms with E-state index >= 15 is 0 Å². The van der Waals surface area contributed by atoms with Crippen LogP contribution in [0.25, 0.3) is 127 Å². The number of hydrogen-bond acceptors (Lipinski definition) is 5. The predicted molar refractivity (Wildman–Crippen MR) is 240 cm³/mol. The third-order valence-electron chi connectivity index (χ3n) is 11.8. The minimum atomic E-state index is 0.530. The molecule has 6 heteroatoms. The molecule has 4 heterocycles. The smallest absolute Gasteiger partial charge is 0.167 e. The Bertz CT molecular complexity index is 3860. The van der Waals surface area contributed by atoms with E-state index in [0.29, 0.717) is 17.5 Å². The van der Waals surface area contributed by atoms with E-state index < -0.39 is 0 Å². The van der Waals surface area contributed by atoms with E-state index in [1.54, 1.807) is 0 Å². The van der Waals surface area contributed by atoms with Crippen LogP contribution in [0.15, 0.2) is 191 Å². The number of nitrogens with zero attached hydrogens (tertiary/aromatic N) is 4. The lowest BCUT2D eigenvalue weighted by atomic mass is 10.0. The first-order chi connectivity index (χ1) is 29.2. The zero-order valence-electron chi connectivity index (χ0n) is 31.4. The first-order valence-corrected chi connectivity index (χ1v) is 19.8. The van der Waals surface area contributed by atoms with Gasteiger partial charge in [-0.15, -0.1) is 0 Å². The fraction of sp³-hybridized carbons (Fsp3) is 0. The van der Waals surface area contributed by atoms with Gasteiger partial charge in [0.25, 0.3) is 0 Å². The maximum Gasteiger partial charge on any atom is 0.167 e. The van der Waals surface area contributed by atoms with Crippen LogP contribution >= 0.6 is 0 Å². The summed E-state index contributed by atoms with van der Waals surface area (Å²) in [6, 6.07) is 63.4. The van der Waals surface area contributed by atoms with Crippen LogP contribution in [0, 0.1) is 0 Å². The van der Waals surface area contributed by atoms with Gasteiger partial charge in [0.05, 0.1) is 22.3 Å². The van der Waals surface area contributed by atoms with Crippen molar-refractivity contribution in [1.82, 2.24) is 19.5 Å².